The van der Waals surface area contributed by atoms with Gasteiger partial charge in [-0.1, -0.05) is 12.5 Å². The van der Waals surface area contributed by atoms with Crippen molar-refractivity contribution in [3.05, 3.63) is 24.5 Å². The van der Waals surface area contributed by atoms with Gasteiger partial charge in [0.1, 0.15) is 17.6 Å². The largest absolute Gasteiger partial charge is 0.494 e. The Hall–Kier alpha value is -2.45. The van der Waals surface area contributed by atoms with Gasteiger partial charge in [-0.25, -0.2) is 9.97 Å². The fraction of sp³-hybridized carbons (Fsp3) is 0.500. The van der Waals surface area contributed by atoms with Crippen molar-refractivity contribution in [2.24, 2.45) is 0 Å². The Bertz CT molecular complexity index is 844. The number of nitrogens with zero attached hydrogens (tertiary/aromatic N) is 5. The molecule has 0 radical (unpaired) electrons. The summed E-state index contributed by atoms with van der Waals surface area (Å²) in [5.41, 5.74) is 7.16. The maximum absolute atomic E-state index is 5.78. The summed E-state index contributed by atoms with van der Waals surface area (Å²) in [7, 11) is 3.37. The zero-order chi connectivity index (χ0) is 18.4. The lowest BCUT2D eigenvalue weighted by Crippen LogP contribution is -2.32. The summed E-state index contributed by atoms with van der Waals surface area (Å²) in [6, 6.07) is 5.63. The Balaban J connectivity index is 0.000000170. The van der Waals surface area contributed by atoms with Crippen molar-refractivity contribution in [1.29, 1.82) is 0 Å². The lowest BCUT2D eigenvalue weighted by atomic mass is 10.1. The number of rotatable bonds is 4. The van der Waals surface area contributed by atoms with E-state index in [0.717, 1.165) is 18.5 Å². The Morgan fingerprint density at radius 2 is 1.96 bits per heavy atom. The summed E-state index contributed by atoms with van der Waals surface area (Å²) in [6.07, 6.45) is 5.63. The maximum atomic E-state index is 5.78. The number of nitrogens with two attached hydrogens (primary N) is 1. The minimum absolute atomic E-state index is 0.296. The van der Waals surface area contributed by atoms with Gasteiger partial charge in [0, 0.05) is 19.0 Å². The summed E-state index contributed by atoms with van der Waals surface area (Å²) in [5.74, 6) is 0.971. The average Bonchev–Trinajstić information content (AvgIpc) is 3.18. The summed E-state index contributed by atoms with van der Waals surface area (Å²) in [5, 5.41) is 4.87. The highest BCUT2D eigenvalue weighted by atomic mass is 16.5. The number of methoxy groups -OCH3 is 2. The van der Waals surface area contributed by atoms with Gasteiger partial charge in [-0.15, -0.1) is 0 Å². The van der Waals surface area contributed by atoms with Crippen molar-refractivity contribution in [3.63, 3.8) is 0 Å². The number of fused-ring (bicyclic) bond motifs is 3. The first-order valence-corrected chi connectivity index (χ1v) is 8.88. The van der Waals surface area contributed by atoms with Crippen molar-refractivity contribution in [2.75, 3.05) is 46.2 Å². The van der Waals surface area contributed by atoms with Crippen LogP contribution in [0.1, 0.15) is 19.3 Å². The van der Waals surface area contributed by atoms with Gasteiger partial charge in [0.05, 0.1) is 13.7 Å². The second-order valence-corrected chi connectivity index (χ2v) is 6.22. The summed E-state index contributed by atoms with van der Waals surface area (Å²) in [4.78, 5) is 10.9. The molecule has 1 aliphatic rings. The molecule has 26 heavy (non-hydrogen) atoms. The second kappa shape index (κ2) is 8.77. The van der Waals surface area contributed by atoms with Gasteiger partial charge in [-0.2, -0.15) is 9.61 Å². The van der Waals surface area contributed by atoms with Crippen LogP contribution in [0.5, 0.6) is 5.75 Å². The SMILES string of the molecule is COCCN1CCCCC1.COc1cccc2c1nc(N)n1ncnc21. The minimum atomic E-state index is 0.296. The van der Waals surface area contributed by atoms with Crippen LogP contribution in [0.2, 0.25) is 0 Å². The first kappa shape index (κ1) is 18.3. The third kappa shape index (κ3) is 4.03. The molecular weight excluding hydrogens is 332 g/mol. The smallest absolute Gasteiger partial charge is 0.223 e. The highest BCUT2D eigenvalue weighted by molar-refractivity contribution is 5.95. The van der Waals surface area contributed by atoms with Crippen molar-refractivity contribution in [2.45, 2.75) is 19.3 Å². The highest BCUT2D eigenvalue weighted by Crippen LogP contribution is 2.26. The van der Waals surface area contributed by atoms with E-state index in [1.165, 1.54) is 43.2 Å². The van der Waals surface area contributed by atoms with Gasteiger partial charge in [0.25, 0.3) is 0 Å². The third-order valence-electron chi connectivity index (χ3n) is 4.51. The van der Waals surface area contributed by atoms with E-state index in [9.17, 15) is 0 Å². The minimum Gasteiger partial charge on any atom is -0.494 e. The molecule has 0 unspecified atom stereocenters. The molecule has 3 aromatic rings. The van der Waals surface area contributed by atoms with E-state index in [2.05, 4.69) is 20.0 Å². The number of benzene rings is 1. The molecule has 140 valence electrons. The number of ether oxygens (including phenoxy) is 2. The van der Waals surface area contributed by atoms with Crippen molar-refractivity contribution in [1.82, 2.24) is 24.5 Å². The number of piperidine rings is 1. The number of aromatic nitrogens is 4. The number of anilines is 1. The molecule has 2 N–H and O–H groups in total. The summed E-state index contributed by atoms with van der Waals surface area (Å²) in [6.45, 7) is 4.57. The first-order chi connectivity index (χ1) is 12.7. The van der Waals surface area contributed by atoms with Crippen molar-refractivity contribution >= 4 is 22.5 Å². The van der Waals surface area contributed by atoms with Gasteiger partial charge < -0.3 is 20.1 Å². The van der Waals surface area contributed by atoms with E-state index in [0.29, 0.717) is 22.9 Å². The molecule has 0 amide bonds. The quantitative estimate of drug-likeness (QED) is 0.762. The zero-order valence-corrected chi connectivity index (χ0v) is 15.4. The molecular formula is C18H26N6O2. The molecule has 1 aliphatic heterocycles. The van der Waals surface area contributed by atoms with Crippen LogP contribution >= 0.6 is 0 Å². The summed E-state index contributed by atoms with van der Waals surface area (Å²) >= 11 is 0. The molecule has 0 bridgehead atoms. The molecule has 8 nitrogen and oxygen atoms in total. The van der Waals surface area contributed by atoms with Crippen LogP contribution < -0.4 is 10.5 Å². The topological polar surface area (TPSA) is 90.8 Å². The van der Waals surface area contributed by atoms with Crippen LogP contribution in [0.3, 0.4) is 0 Å². The molecule has 0 atom stereocenters. The van der Waals surface area contributed by atoms with Crippen LogP contribution in [-0.2, 0) is 4.74 Å². The Labute approximate surface area is 152 Å². The highest BCUT2D eigenvalue weighted by Gasteiger charge is 2.11. The lowest BCUT2D eigenvalue weighted by Gasteiger charge is -2.25. The fourth-order valence-electron chi connectivity index (χ4n) is 3.14. The average molecular weight is 358 g/mol. The number of hydrogen-bond acceptors (Lipinski definition) is 7. The molecule has 0 spiro atoms. The molecule has 0 saturated carbocycles. The van der Waals surface area contributed by atoms with Crippen LogP contribution in [-0.4, -0.2) is 64.9 Å². The van der Waals surface area contributed by atoms with Gasteiger partial charge in [-0.3, -0.25) is 0 Å². The van der Waals surface area contributed by atoms with E-state index in [-0.39, 0.29) is 0 Å². The number of para-hydroxylation sites is 1. The molecule has 1 aromatic carbocycles. The molecule has 0 aliphatic carbocycles. The summed E-state index contributed by atoms with van der Waals surface area (Å²) < 4.78 is 11.7. The molecule has 1 fully saturated rings. The monoisotopic (exact) mass is 358 g/mol. The third-order valence-corrected chi connectivity index (χ3v) is 4.51. The molecule has 8 heteroatoms. The van der Waals surface area contributed by atoms with Crippen LogP contribution in [0.4, 0.5) is 5.95 Å². The van der Waals surface area contributed by atoms with Gasteiger partial charge in [-0.05, 0) is 38.1 Å². The lowest BCUT2D eigenvalue weighted by molar-refractivity contribution is 0.135. The van der Waals surface area contributed by atoms with E-state index >= 15 is 0 Å². The Kier molecular flexibility index (Phi) is 6.19. The maximum Gasteiger partial charge on any atom is 0.223 e. The number of likely N-dealkylation sites (tertiary alicyclic amines) is 1. The fourth-order valence-corrected chi connectivity index (χ4v) is 3.14. The van der Waals surface area contributed by atoms with Crippen molar-refractivity contribution in [3.8, 4) is 5.75 Å². The van der Waals surface area contributed by atoms with E-state index in [1.807, 2.05) is 18.2 Å². The normalized spacial score (nSPS) is 15.0. The van der Waals surface area contributed by atoms with Crippen LogP contribution in [0, 0.1) is 0 Å². The molecule has 3 heterocycles. The molecule has 1 saturated heterocycles. The van der Waals surface area contributed by atoms with Crippen LogP contribution in [0.15, 0.2) is 24.5 Å². The van der Waals surface area contributed by atoms with E-state index < -0.39 is 0 Å². The number of hydrogen-bond donors (Lipinski definition) is 1. The molecule has 4 rings (SSSR count). The first-order valence-electron chi connectivity index (χ1n) is 8.88. The molecule has 2 aromatic heterocycles. The zero-order valence-electron chi connectivity index (χ0n) is 15.4. The van der Waals surface area contributed by atoms with Gasteiger partial charge in [0.2, 0.25) is 5.95 Å². The van der Waals surface area contributed by atoms with Gasteiger partial charge in [0.15, 0.2) is 5.65 Å². The predicted molar refractivity (Wildman–Crippen MR) is 101 cm³/mol. The Morgan fingerprint density at radius 1 is 1.15 bits per heavy atom. The van der Waals surface area contributed by atoms with E-state index in [1.54, 1.807) is 14.2 Å². The second-order valence-electron chi connectivity index (χ2n) is 6.22. The number of nitrogen functional groups attached to an aromatic ring is 1. The van der Waals surface area contributed by atoms with E-state index in [4.69, 9.17) is 15.2 Å². The Morgan fingerprint density at radius 3 is 2.69 bits per heavy atom. The predicted octanol–water partition coefficient (Wildman–Crippen LogP) is 1.99. The van der Waals surface area contributed by atoms with Crippen LogP contribution in [0.25, 0.3) is 16.6 Å². The van der Waals surface area contributed by atoms with Gasteiger partial charge >= 0.3 is 0 Å². The standard InChI is InChI=1S/C10H9N5O.C8H17NO/c1-16-7-4-2-3-6-8(7)14-10(11)15-9(6)12-5-13-15;1-10-8-7-9-5-3-2-4-6-9/h2-5H,1H3,(H2,11,14);2-8H2,1H3. The van der Waals surface area contributed by atoms with Crippen molar-refractivity contribution < 1.29 is 9.47 Å².